The van der Waals surface area contributed by atoms with Crippen molar-refractivity contribution in [1.82, 2.24) is 20.5 Å². The summed E-state index contributed by atoms with van der Waals surface area (Å²) in [4.78, 5) is 11.0. The fourth-order valence-electron chi connectivity index (χ4n) is 3.01. The van der Waals surface area contributed by atoms with E-state index in [0.717, 1.165) is 57.2 Å². The van der Waals surface area contributed by atoms with Crippen LogP contribution in [0, 0.1) is 0 Å². The average molecular weight is 397 g/mol. The van der Waals surface area contributed by atoms with Crippen LogP contribution in [0.15, 0.2) is 59.7 Å². The molecule has 0 aliphatic heterocycles. The van der Waals surface area contributed by atoms with E-state index in [-0.39, 0.29) is 0 Å². The Morgan fingerprint density at radius 1 is 1.00 bits per heavy atom. The molecule has 0 aliphatic carbocycles. The molecule has 6 heteroatoms. The van der Waals surface area contributed by atoms with E-state index < -0.39 is 0 Å². The van der Waals surface area contributed by atoms with Gasteiger partial charge in [0.1, 0.15) is 5.82 Å². The van der Waals surface area contributed by atoms with Crippen molar-refractivity contribution in [2.45, 2.75) is 38.8 Å². The lowest BCUT2D eigenvalue weighted by Crippen LogP contribution is -2.40. The van der Waals surface area contributed by atoms with Gasteiger partial charge in [-0.3, -0.25) is 9.89 Å². The largest absolute Gasteiger partial charge is 0.370 e. The number of anilines is 1. The minimum atomic E-state index is 0.499. The smallest absolute Gasteiger partial charge is 0.190 e. The summed E-state index contributed by atoms with van der Waals surface area (Å²) >= 11 is 0. The Morgan fingerprint density at radius 3 is 2.45 bits per heavy atom. The van der Waals surface area contributed by atoms with Gasteiger partial charge in [-0.15, -0.1) is 0 Å². The third-order valence-corrected chi connectivity index (χ3v) is 4.97. The summed E-state index contributed by atoms with van der Waals surface area (Å²) in [6.07, 6.45) is 5.04. The minimum Gasteiger partial charge on any atom is -0.370 e. The van der Waals surface area contributed by atoms with Crippen molar-refractivity contribution in [1.29, 1.82) is 0 Å². The first-order valence-corrected chi connectivity index (χ1v) is 10.5. The summed E-state index contributed by atoms with van der Waals surface area (Å²) in [5.41, 5.74) is 1.35. The second-order valence-electron chi connectivity index (χ2n) is 7.31. The molecule has 2 aromatic rings. The molecule has 1 atom stereocenters. The molecule has 6 nitrogen and oxygen atoms in total. The highest BCUT2D eigenvalue weighted by Crippen LogP contribution is 2.07. The summed E-state index contributed by atoms with van der Waals surface area (Å²) < 4.78 is 0. The Labute approximate surface area is 175 Å². The second kappa shape index (κ2) is 13.6. The lowest BCUT2D eigenvalue weighted by Gasteiger charge is -2.25. The number of nitrogens with zero attached hydrogens (tertiary/aromatic N) is 3. The van der Waals surface area contributed by atoms with Crippen LogP contribution in [0.2, 0.25) is 0 Å². The Balaban J connectivity index is 1.54. The van der Waals surface area contributed by atoms with E-state index in [0.29, 0.717) is 6.04 Å². The molecule has 0 amide bonds. The van der Waals surface area contributed by atoms with E-state index in [9.17, 15) is 0 Å². The van der Waals surface area contributed by atoms with Gasteiger partial charge in [-0.05, 0) is 50.9 Å². The van der Waals surface area contributed by atoms with Crippen molar-refractivity contribution >= 4 is 11.8 Å². The van der Waals surface area contributed by atoms with Gasteiger partial charge in [0.15, 0.2) is 5.96 Å². The summed E-state index contributed by atoms with van der Waals surface area (Å²) in [6.45, 7) is 5.99. The molecule has 0 saturated heterocycles. The molecule has 0 bridgehead atoms. The molecule has 1 aromatic heterocycles. The molecule has 29 heavy (non-hydrogen) atoms. The van der Waals surface area contributed by atoms with Crippen LogP contribution in [-0.4, -0.2) is 55.6 Å². The first-order valence-electron chi connectivity index (χ1n) is 10.5. The summed E-state index contributed by atoms with van der Waals surface area (Å²) in [6, 6.07) is 17.0. The molecule has 0 fully saturated rings. The number of benzene rings is 1. The lowest BCUT2D eigenvalue weighted by molar-refractivity contribution is 0.238. The van der Waals surface area contributed by atoms with Crippen LogP contribution in [0.3, 0.4) is 0 Å². The molecule has 1 aromatic carbocycles. The molecular formula is C23H36N6. The number of aliphatic imine (C=N–C) groups is 1. The normalized spacial score (nSPS) is 12.6. The lowest BCUT2D eigenvalue weighted by atomic mass is 10.1. The number of unbranched alkanes of at least 4 members (excludes halogenated alkanes) is 1. The molecule has 0 radical (unpaired) electrons. The van der Waals surface area contributed by atoms with E-state index in [1.165, 1.54) is 5.56 Å². The zero-order valence-corrected chi connectivity index (χ0v) is 18.1. The van der Waals surface area contributed by atoms with Crippen LogP contribution in [-0.2, 0) is 6.54 Å². The predicted octanol–water partition coefficient (Wildman–Crippen LogP) is 3.35. The van der Waals surface area contributed by atoms with Gasteiger partial charge in [0.2, 0.25) is 0 Å². The maximum absolute atomic E-state index is 4.32. The molecule has 0 spiro atoms. The highest BCUT2D eigenvalue weighted by Gasteiger charge is 2.09. The van der Waals surface area contributed by atoms with Gasteiger partial charge in [0.25, 0.3) is 0 Å². The van der Waals surface area contributed by atoms with Gasteiger partial charge < -0.3 is 16.0 Å². The van der Waals surface area contributed by atoms with Gasteiger partial charge in [-0.2, -0.15) is 0 Å². The first-order chi connectivity index (χ1) is 14.2. The van der Waals surface area contributed by atoms with Crippen molar-refractivity contribution in [2.75, 3.05) is 39.0 Å². The van der Waals surface area contributed by atoms with Gasteiger partial charge in [-0.25, -0.2) is 4.98 Å². The number of hydrogen-bond donors (Lipinski definition) is 3. The van der Waals surface area contributed by atoms with E-state index in [1.54, 1.807) is 6.20 Å². The third-order valence-electron chi connectivity index (χ3n) is 4.97. The number of pyridine rings is 1. The maximum atomic E-state index is 4.32. The third kappa shape index (κ3) is 9.43. The van der Waals surface area contributed by atoms with E-state index in [2.05, 4.69) is 75.1 Å². The van der Waals surface area contributed by atoms with Gasteiger partial charge >= 0.3 is 0 Å². The highest BCUT2D eigenvalue weighted by molar-refractivity contribution is 5.79. The van der Waals surface area contributed by atoms with E-state index >= 15 is 0 Å². The number of hydrogen-bond acceptors (Lipinski definition) is 4. The molecule has 1 unspecified atom stereocenters. The van der Waals surface area contributed by atoms with E-state index in [1.807, 2.05) is 25.2 Å². The Kier molecular flexibility index (Phi) is 10.6. The Hall–Kier alpha value is -2.60. The van der Waals surface area contributed by atoms with E-state index in [4.69, 9.17) is 0 Å². The molecule has 0 aliphatic rings. The van der Waals surface area contributed by atoms with Crippen LogP contribution in [0.4, 0.5) is 5.82 Å². The zero-order valence-electron chi connectivity index (χ0n) is 18.1. The van der Waals surface area contributed by atoms with Crippen LogP contribution in [0.5, 0.6) is 0 Å². The van der Waals surface area contributed by atoms with Crippen molar-refractivity contribution < 1.29 is 0 Å². The van der Waals surface area contributed by atoms with Crippen LogP contribution >= 0.6 is 0 Å². The van der Waals surface area contributed by atoms with Crippen LogP contribution in [0.1, 0.15) is 31.7 Å². The van der Waals surface area contributed by atoms with Gasteiger partial charge in [0, 0.05) is 45.5 Å². The molecule has 3 N–H and O–H groups in total. The van der Waals surface area contributed by atoms with Crippen LogP contribution < -0.4 is 16.0 Å². The molecule has 2 rings (SSSR count). The molecule has 1 heterocycles. The molecular weight excluding hydrogens is 360 g/mol. The predicted molar refractivity (Wildman–Crippen MR) is 123 cm³/mol. The number of guanidine groups is 1. The SMILES string of the molecule is CN=C(NCCCCNc1ccccn1)NCCC(C)N(C)Cc1ccccc1. The van der Waals surface area contributed by atoms with Gasteiger partial charge in [-0.1, -0.05) is 36.4 Å². The summed E-state index contributed by atoms with van der Waals surface area (Å²) in [5, 5.41) is 10.1. The second-order valence-corrected chi connectivity index (χ2v) is 7.31. The summed E-state index contributed by atoms with van der Waals surface area (Å²) in [7, 11) is 4.01. The zero-order chi connectivity index (χ0) is 20.7. The minimum absolute atomic E-state index is 0.499. The number of aromatic nitrogens is 1. The summed E-state index contributed by atoms with van der Waals surface area (Å²) in [5.74, 6) is 1.81. The first kappa shape index (κ1) is 22.7. The van der Waals surface area contributed by atoms with Crippen molar-refractivity contribution in [3.05, 3.63) is 60.3 Å². The van der Waals surface area contributed by atoms with Gasteiger partial charge in [0.05, 0.1) is 0 Å². The monoisotopic (exact) mass is 396 g/mol. The average Bonchev–Trinajstić information content (AvgIpc) is 2.76. The number of rotatable bonds is 12. The van der Waals surface area contributed by atoms with Crippen molar-refractivity contribution in [3.63, 3.8) is 0 Å². The Morgan fingerprint density at radius 2 is 1.72 bits per heavy atom. The van der Waals surface area contributed by atoms with Crippen LogP contribution in [0.25, 0.3) is 0 Å². The number of nitrogens with one attached hydrogen (secondary N) is 3. The maximum Gasteiger partial charge on any atom is 0.190 e. The highest BCUT2D eigenvalue weighted by atomic mass is 15.2. The van der Waals surface area contributed by atoms with Crippen molar-refractivity contribution in [3.8, 4) is 0 Å². The standard InChI is InChI=1S/C23H36N6/c1-20(29(3)19-21-11-5-4-6-12-21)14-18-28-23(24-2)27-17-10-9-16-26-22-13-7-8-15-25-22/h4-8,11-13,15,20H,9-10,14,16-19H2,1-3H3,(H,25,26)(H2,24,27,28). The molecule has 0 saturated carbocycles. The fourth-order valence-corrected chi connectivity index (χ4v) is 3.01. The fraction of sp³-hybridized carbons (Fsp3) is 0.478. The quantitative estimate of drug-likeness (QED) is 0.292. The Bertz CT molecular complexity index is 689. The topological polar surface area (TPSA) is 64.6 Å². The van der Waals surface area contributed by atoms with Crippen molar-refractivity contribution in [2.24, 2.45) is 4.99 Å². The molecule has 158 valence electrons.